The average Bonchev–Trinajstić information content (AvgIpc) is 2.44. The number of hydrogen-bond donors (Lipinski definition) is 1. The first-order chi connectivity index (χ1) is 5.96. The van der Waals surface area contributed by atoms with E-state index in [0.717, 1.165) is 0 Å². The Morgan fingerprint density at radius 2 is 1.92 bits per heavy atom. The lowest BCUT2D eigenvalue weighted by Crippen LogP contribution is -2.43. The molecule has 0 unspecified atom stereocenters. The van der Waals surface area contributed by atoms with Crippen molar-refractivity contribution < 1.29 is 13.5 Å². The fourth-order valence-corrected chi connectivity index (χ4v) is 4.48. The summed E-state index contributed by atoms with van der Waals surface area (Å²) in [5.41, 5.74) is -0.991. The molecule has 1 N–H and O–H groups in total. The van der Waals surface area contributed by atoms with Crippen LogP contribution in [0.1, 0.15) is 39.5 Å². The molecular formula is C9H18O3S. The molecule has 0 spiro atoms. The monoisotopic (exact) mass is 206 g/mol. The van der Waals surface area contributed by atoms with E-state index in [4.69, 9.17) is 0 Å². The second-order valence-corrected chi connectivity index (χ2v) is 6.11. The predicted molar refractivity (Wildman–Crippen MR) is 52.3 cm³/mol. The third kappa shape index (κ3) is 1.89. The summed E-state index contributed by atoms with van der Waals surface area (Å²) in [6.07, 6.45) is 2.37. The van der Waals surface area contributed by atoms with Gasteiger partial charge in [-0.25, -0.2) is 8.42 Å². The first kappa shape index (κ1) is 11.0. The summed E-state index contributed by atoms with van der Waals surface area (Å²) < 4.78 is 23.1. The number of aliphatic hydroxyl groups is 1. The van der Waals surface area contributed by atoms with Gasteiger partial charge < -0.3 is 5.11 Å². The predicted octanol–water partition coefficient (Wildman–Crippen LogP) is 1.11. The van der Waals surface area contributed by atoms with E-state index in [1.165, 1.54) is 0 Å². The second-order valence-electron chi connectivity index (χ2n) is 3.81. The third-order valence-corrected chi connectivity index (χ3v) is 5.55. The van der Waals surface area contributed by atoms with Crippen LogP contribution in [-0.2, 0) is 9.84 Å². The molecule has 78 valence electrons. The van der Waals surface area contributed by atoms with Crippen LogP contribution in [0.2, 0.25) is 0 Å². The van der Waals surface area contributed by atoms with Crippen molar-refractivity contribution in [3.8, 4) is 0 Å². The molecule has 13 heavy (non-hydrogen) atoms. The second kappa shape index (κ2) is 3.58. The summed E-state index contributed by atoms with van der Waals surface area (Å²) >= 11 is 0. The largest absolute Gasteiger partial charge is 0.389 e. The van der Waals surface area contributed by atoms with Crippen LogP contribution in [0.25, 0.3) is 0 Å². The van der Waals surface area contributed by atoms with Gasteiger partial charge in [0.15, 0.2) is 9.84 Å². The first-order valence-electron chi connectivity index (χ1n) is 4.90. The van der Waals surface area contributed by atoms with E-state index in [2.05, 4.69) is 0 Å². The topological polar surface area (TPSA) is 54.4 Å². The fraction of sp³-hybridized carbons (Fsp3) is 1.00. The average molecular weight is 206 g/mol. The molecule has 1 aliphatic heterocycles. The molecule has 0 saturated carbocycles. The Morgan fingerprint density at radius 1 is 1.38 bits per heavy atom. The van der Waals surface area contributed by atoms with Gasteiger partial charge in [0.2, 0.25) is 0 Å². The zero-order chi connectivity index (χ0) is 10.1. The molecule has 0 amide bonds. The molecule has 4 heteroatoms. The van der Waals surface area contributed by atoms with Gasteiger partial charge in [-0.05, 0) is 25.7 Å². The number of sulfone groups is 1. The van der Waals surface area contributed by atoms with Crippen LogP contribution in [0.5, 0.6) is 0 Å². The molecular weight excluding hydrogens is 188 g/mol. The highest BCUT2D eigenvalue weighted by molar-refractivity contribution is 7.92. The highest BCUT2D eigenvalue weighted by Crippen LogP contribution is 2.33. The summed E-state index contributed by atoms with van der Waals surface area (Å²) in [7, 11) is -3.02. The molecule has 1 heterocycles. The quantitative estimate of drug-likeness (QED) is 0.752. The van der Waals surface area contributed by atoms with Crippen molar-refractivity contribution in [2.45, 2.75) is 50.4 Å². The van der Waals surface area contributed by atoms with E-state index >= 15 is 0 Å². The van der Waals surface area contributed by atoms with Crippen molar-refractivity contribution in [3.63, 3.8) is 0 Å². The lowest BCUT2D eigenvalue weighted by Gasteiger charge is -2.30. The summed E-state index contributed by atoms with van der Waals surface area (Å²) in [5, 5.41) is 9.57. The van der Waals surface area contributed by atoms with Crippen molar-refractivity contribution in [2.24, 2.45) is 0 Å². The van der Waals surface area contributed by atoms with Crippen LogP contribution in [0.3, 0.4) is 0 Å². The van der Waals surface area contributed by atoms with Crippen molar-refractivity contribution in [1.29, 1.82) is 0 Å². The smallest absolute Gasteiger partial charge is 0.155 e. The molecule has 0 aromatic rings. The van der Waals surface area contributed by atoms with Gasteiger partial charge in [0.25, 0.3) is 0 Å². The molecule has 3 nitrogen and oxygen atoms in total. The minimum absolute atomic E-state index is 0.250. The lowest BCUT2D eigenvalue weighted by atomic mass is 9.91. The normalized spacial score (nSPS) is 27.8. The molecule has 0 bridgehead atoms. The van der Waals surface area contributed by atoms with Crippen molar-refractivity contribution >= 4 is 9.84 Å². The molecule has 1 fully saturated rings. The van der Waals surface area contributed by atoms with E-state index in [1.54, 1.807) is 0 Å². The Bertz CT molecular complexity index is 265. The van der Waals surface area contributed by atoms with Crippen LogP contribution in [-0.4, -0.2) is 30.1 Å². The molecule has 1 saturated heterocycles. The zero-order valence-electron chi connectivity index (χ0n) is 8.28. The number of rotatable bonds is 3. The van der Waals surface area contributed by atoms with Gasteiger partial charge in [0.1, 0.15) is 0 Å². The molecule has 1 rings (SSSR count). The van der Waals surface area contributed by atoms with E-state index in [9.17, 15) is 13.5 Å². The van der Waals surface area contributed by atoms with Gasteiger partial charge in [-0.1, -0.05) is 13.8 Å². The molecule has 0 aliphatic carbocycles. The maximum atomic E-state index is 11.6. The summed E-state index contributed by atoms with van der Waals surface area (Å²) in [6.45, 7) is 3.69. The van der Waals surface area contributed by atoms with Crippen LogP contribution in [0.15, 0.2) is 0 Å². The Labute approximate surface area is 80.1 Å². The molecule has 1 aliphatic rings. The summed E-state index contributed by atoms with van der Waals surface area (Å²) in [5.74, 6) is 0.250. The van der Waals surface area contributed by atoms with Crippen LogP contribution in [0.4, 0.5) is 0 Å². The van der Waals surface area contributed by atoms with E-state index in [1.807, 2.05) is 13.8 Å². The fourth-order valence-electron chi connectivity index (χ4n) is 2.10. The Morgan fingerprint density at radius 3 is 2.23 bits per heavy atom. The number of hydrogen-bond acceptors (Lipinski definition) is 3. The van der Waals surface area contributed by atoms with Gasteiger partial charge in [-0.15, -0.1) is 0 Å². The summed E-state index contributed by atoms with van der Waals surface area (Å²) in [6, 6.07) is 0. The van der Waals surface area contributed by atoms with Gasteiger partial charge in [0.05, 0.1) is 16.6 Å². The first-order valence-corrected chi connectivity index (χ1v) is 6.61. The van der Waals surface area contributed by atoms with Crippen LogP contribution < -0.4 is 0 Å². The molecule has 0 aromatic carbocycles. The zero-order valence-corrected chi connectivity index (χ0v) is 9.10. The third-order valence-electron chi connectivity index (χ3n) is 3.15. The molecule has 0 aromatic heterocycles. The Kier molecular flexibility index (Phi) is 3.02. The molecule has 0 radical (unpaired) electrons. The minimum Gasteiger partial charge on any atom is -0.389 e. The van der Waals surface area contributed by atoms with Gasteiger partial charge in [-0.2, -0.15) is 0 Å². The van der Waals surface area contributed by atoms with E-state index in [-0.39, 0.29) is 5.75 Å². The highest BCUT2D eigenvalue weighted by atomic mass is 32.2. The van der Waals surface area contributed by atoms with Gasteiger partial charge >= 0.3 is 0 Å². The summed E-state index contributed by atoms with van der Waals surface area (Å²) in [4.78, 5) is 0. The molecule has 1 atom stereocenters. The van der Waals surface area contributed by atoms with Gasteiger partial charge in [0, 0.05) is 0 Å². The van der Waals surface area contributed by atoms with Gasteiger partial charge in [-0.3, -0.25) is 0 Å². The highest BCUT2D eigenvalue weighted by Gasteiger charge is 2.45. The maximum Gasteiger partial charge on any atom is 0.155 e. The lowest BCUT2D eigenvalue weighted by molar-refractivity contribution is 0.0274. The van der Waals surface area contributed by atoms with E-state index in [0.29, 0.717) is 25.7 Å². The minimum atomic E-state index is -3.02. The Hall–Kier alpha value is -0.0900. The van der Waals surface area contributed by atoms with Crippen molar-refractivity contribution in [2.75, 3.05) is 5.75 Å². The van der Waals surface area contributed by atoms with E-state index < -0.39 is 20.7 Å². The van der Waals surface area contributed by atoms with Crippen molar-refractivity contribution in [1.82, 2.24) is 0 Å². The SMILES string of the molecule is CCC(O)(CC)[C@@H]1CCCS1(=O)=O. The standard InChI is InChI=1S/C9H18O3S/c1-3-9(10,4-2)8-6-5-7-13(8,11)12/h8,10H,3-7H2,1-2H3/t8-/m0/s1. The van der Waals surface area contributed by atoms with Crippen LogP contribution >= 0.6 is 0 Å². The Balaban J connectivity index is 2.93. The van der Waals surface area contributed by atoms with Crippen LogP contribution in [0, 0.1) is 0 Å². The maximum absolute atomic E-state index is 11.6. The van der Waals surface area contributed by atoms with Crippen molar-refractivity contribution in [3.05, 3.63) is 0 Å².